The zero-order valence-electron chi connectivity index (χ0n) is 14.6. The first-order valence-electron chi connectivity index (χ1n) is 8.06. The van der Waals surface area contributed by atoms with Crippen molar-refractivity contribution in [3.63, 3.8) is 0 Å². The van der Waals surface area contributed by atoms with Gasteiger partial charge in [-0.2, -0.15) is 0 Å². The molecular formula is C17H27N5O. The molecule has 0 saturated carbocycles. The predicted octanol–water partition coefficient (Wildman–Crippen LogP) is 2.36. The van der Waals surface area contributed by atoms with Gasteiger partial charge in [0.2, 0.25) is 0 Å². The van der Waals surface area contributed by atoms with Crippen LogP contribution in [0.5, 0.6) is 0 Å². The van der Waals surface area contributed by atoms with Gasteiger partial charge in [-0.25, -0.2) is 4.68 Å². The van der Waals surface area contributed by atoms with Crippen molar-refractivity contribution >= 4 is 0 Å². The van der Waals surface area contributed by atoms with Gasteiger partial charge in [-0.05, 0) is 41.0 Å². The lowest BCUT2D eigenvalue weighted by atomic mass is 9.80. The van der Waals surface area contributed by atoms with Gasteiger partial charge < -0.3 is 10.4 Å². The molecule has 2 unspecified atom stereocenters. The van der Waals surface area contributed by atoms with Crippen molar-refractivity contribution in [2.24, 2.45) is 11.3 Å². The Hall–Kier alpha value is -1.79. The first-order valence-corrected chi connectivity index (χ1v) is 8.06. The van der Waals surface area contributed by atoms with E-state index in [-0.39, 0.29) is 23.5 Å². The van der Waals surface area contributed by atoms with Crippen LogP contribution in [0.3, 0.4) is 0 Å². The number of hydrogen-bond acceptors (Lipinski definition) is 5. The van der Waals surface area contributed by atoms with Gasteiger partial charge in [-0.3, -0.25) is 0 Å². The molecule has 0 aliphatic rings. The van der Waals surface area contributed by atoms with Gasteiger partial charge >= 0.3 is 0 Å². The van der Waals surface area contributed by atoms with Crippen molar-refractivity contribution in [3.05, 3.63) is 36.2 Å². The molecule has 1 aromatic heterocycles. The highest BCUT2D eigenvalue weighted by Crippen LogP contribution is 2.26. The highest BCUT2D eigenvalue weighted by Gasteiger charge is 2.30. The molecule has 0 aliphatic heterocycles. The van der Waals surface area contributed by atoms with Gasteiger partial charge in [0.15, 0.2) is 0 Å². The molecule has 126 valence electrons. The van der Waals surface area contributed by atoms with Gasteiger partial charge in [0.05, 0.1) is 11.8 Å². The molecule has 0 amide bonds. The summed E-state index contributed by atoms with van der Waals surface area (Å²) < 4.78 is 1.63. The quantitative estimate of drug-likeness (QED) is 0.820. The zero-order chi connectivity index (χ0) is 17.0. The van der Waals surface area contributed by atoms with Crippen LogP contribution in [-0.4, -0.2) is 38.0 Å². The molecule has 1 aromatic carbocycles. The summed E-state index contributed by atoms with van der Waals surface area (Å²) in [6.45, 7) is 11.2. The maximum absolute atomic E-state index is 10.3. The summed E-state index contributed by atoms with van der Waals surface area (Å²) >= 11 is 0. The van der Waals surface area contributed by atoms with Crippen molar-refractivity contribution < 1.29 is 5.11 Å². The molecule has 0 bridgehead atoms. The summed E-state index contributed by atoms with van der Waals surface area (Å²) in [5.41, 5.74) is 1.95. The summed E-state index contributed by atoms with van der Waals surface area (Å²) in [5, 5.41) is 25.0. The highest BCUT2D eigenvalue weighted by molar-refractivity contribution is 5.34. The minimum atomic E-state index is -0.329. The van der Waals surface area contributed by atoms with Crippen molar-refractivity contribution in [2.45, 2.75) is 46.8 Å². The molecule has 2 aromatic rings. The van der Waals surface area contributed by atoms with Crippen LogP contribution < -0.4 is 5.32 Å². The topological polar surface area (TPSA) is 75.9 Å². The SMILES string of the molecule is CC(NCC(C)(C)C(O)C(C)C)c1ccc(-n2cnnn2)cc1. The molecule has 6 heteroatoms. The normalized spacial score (nSPS) is 14.9. The van der Waals surface area contributed by atoms with Crippen molar-refractivity contribution in [1.82, 2.24) is 25.5 Å². The first kappa shape index (κ1) is 17.6. The molecule has 0 aliphatic carbocycles. The third-order valence-electron chi connectivity index (χ3n) is 4.30. The van der Waals surface area contributed by atoms with Crippen LogP contribution in [0.25, 0.3) is 5.69 Å². The Morgan fingerprint density at radius 3 is 2.35 bits per heavy atom. The molecule has 1 heterocycles. The van der Waals surface area contributed by atoms with E-state index in [1.807, 2.05) is 26.0 Å². The Bertz CT molecular complexity index is 592. The van der Waals surface area contributed by atoms with Crippen molar-refractivity contribution in [3.8, 4) is 5.69 Å². The third-order valence-corrected chi connectivity index (χ3v) is 4.30. The number of aliphatic hydroxyl groups is 1. The van der Waals surface area contributed by atoms with Crippen LogP contribution >= 0.6 is 0 Å². The molecule has 6 nitrogen and oxygen atoms in total. The fourth-order valence-corrected chi connectivity index (χ4v) is 2.74. The average molecular weight is 317 g/mol. The van der Waals surface area contributed by atoms with Crippen molar-refractivity contribution in [2.75, 3.05) is 6.54 Å². The van der Waals surface area contributed by atoms with Gasteiger partial charge in [0, 0.05) is 18.0 Å². The van der Waals surface area contributed by atoms with Gasteiger partial charge in [0.1, 0.15) is 6.33 Å². The molecular weight excluding hydrogens is 290 g/mol. The van der Waals surface area contributed by atoms with E-state index in [2.05, 4.69) is 53.7 Å². The summed E-state index contributed by atoms with van der Waals surface area (Å²) in [4.78, 5) is 0. The van der Waals surface area contributed by atoms with Gasteiger partial charge in [0.25, 0.3) is 0 Å². The second kappa shape index (κ2) is 7.19. The molecule has 0 saturated heterocycles. The summed E-state index contributed by atoms with van der Waals surface area (Å²) in [7, 11) is 0. The van der Waals surface area contributed by atoms with Crippen LogP contribution in [0.4, 0.5) is 0 Å². The third kappa shape index (κ3) is 4.36. The van der Waals surface area contributed by atoms with Crippen LogP contribution in [0.1, 0.15) is 46.2 Å². The Balaban J connectivity index is 1.97. The minimum absolute atomic E-state index is 0.172. The number of nitrogens with one attached hydrogen (secondary N) is 1. The standard InChI is InChI=1S/C17H27N5O/c1-12(2)16(23)17(4,5)10-18-13(3)14-6-8-15(9-7-14)22-11-19-20-21-22/h6-9,11-13,16,18,23H,10H2,1-5H3. The van der Waals surface area contributed by atoms with E-state index in [4.69, 9.17) is 0 Å². The number of hydrogen-bond donors (Lipinski definition) is 2. The first-order chi connectivity index (χ1) is 10.8. The number of aliphatic hydroxyl groups excluding tert-OH is 1. The average Bonchev–Trinajstić information content (AvgIpc) is 3.06. The smallest absolute Gasteiger partial charge is 0.143 e. The summed E-state index contributed by atoms with van der Waals surface area (Å²) in [6.07, 6.45) is 1.25. The van der Waals surface area contributed by atoms with E-state index >= 15 is 0 Å². The van der Waals surface area contributed by atoms with E-state index in [9.17, 15) is 5.11 Å². The van der Waals surface area contributed by atoms with E-state index in [0.717, 1.165) is 12.2 Å². The monoisotopic (exact) mass is 317 g/mol. The van der Waals surface area contributed by atoms with Crippen LogP contribution in [-0.2, 0) is 0 Å². The molecule has 23 heavy (non-hydrogen) atoms. The lowest BCUT2D eigenvalue weighted by molar-refractivity contribution is 0.0124. The maximum atomic E-state index is 10.3. The number of rotatable bonds is 7. The van der Waals surface area contributed by atoms with Crippen molar-refractivity contribution in [1.29, 1.82) is 0 Å². The molecule has 0 spiro atoms. The van der Waals surface area contributed by atoms with E-state index in [1.54, 1.807) is 11.0 Å². The lowest BCUT2D eigenvalue weighted by Crippen LogP contribution is -2.42. The molecule has 2 rings (SSSR count). The molecule has 2 N–H and O–H groups in total. The predicted molar refractivity (Wildman–Crippen MR) is 90.2 cm³/mol. The molecule has 0 radical (unpaired) electrons. The Labute approximate surface area is 137 Å². The summed E-state index contributed by atoms with van der Waals surface area (Å²) in [6, 6.07) is 8.34. The van der Waals surface area contributed by atoms with Crippen LogP contribution in [0, 0.1) is 11.3 Å². The Morgan fingerprint density at radius 1 is 1.17 bits per heavy atom. The largest absolute Gasteiger partial charge is 0.392 e. The van der Waals surface area contributed by atoms with E-state index < -0.39 is 0 Å². The van der Waals surface area contributed by atoms with E-state index in [1.165, 1.54) is 5.56 Å². The number of aromatic nitrogens is 4. The second-order valence-corrected chi connectivity index (χ2v) is 7.13. The Kier molecular flexibility index (Phi) is 5.49. The maximum Gasteiger partial charge on any atom is 0.143 e. The highest BCUT2D eigenvalue weighted by atomic mass is 16.3. The van der Waals surface area contributed by atoms with Gasteiger partial charge in [-0.15, -0.1) is 5.10 Å². The minimum Gasteiger partial charge on any atom is -0.392 e. The summed E-state index contributed by atoms with van der Waals surface area (Å²) in [5.74, 6) is 0.248. The fourth-order valence-electron chi connectivity index (χ4n) is 2.74. The van der Waals surface area contributed by atoms with Crippen LogP contribution in [0.2, 0.25) is 0 Å². The second-order valence-electron chi connectivity index (χ2n) is 7.13. The van der Waals surface area contributed by atoms with Crippen LogP contribution in [0.15, 0.2) is 30.6 Å². The Morgan fingerprint density at radius 2 is 1.83 bits per heavy atom. The lowest BCUT2D eigenvalue weighted by Gasteiger charge is -2.34. The number of benzene rings is 1. The number of tetrazole rings is 1. The number of nitrogens with zero attached hydrogens (tertiary/aromatic N) is 4. The van der Waals surface area contributed by atoms with E-state index in [0.29, 0.717) is 0 Å². The fraction of sp³-hybridized carbons (Fsp3) is 0.588. The molecule has 2 atom stereocenters. The molecule has 0 fully saturated rings. The van der Waals surface area contributed by atoms with Gasteiger partial charge in [-0.1, -0.05) is 39.8 Å². The zero-order valence-corrected chi connectivity index (χ0v) is 14.6.